The summed E-state index contributed by atoms with van der Waals surface area (Å²) >= 11 is 7.60. The Balaban J connectivity index is 1.62. The molecule has 0 saturated carbocycles. The van der Waals surface area contributed by atoms with Gasteiger partial charge in [0.1, 0.15) is 0 Å². The summed E-state index contributed by atoms with van der Waals surface area (Å²) in [7, 11) is 0. The van der Waals surface area contributed by atoms with Crippen LogP contribution in [0, 0.1) is 0 Å². The van der Waals surface area contributed by atoms with E-state index >= 15 is 0 Å². The van der Waals surface area contributed by atoms with Crippen LogP contribution in [0.4, 0.5) is 5.69 Å². The SMILES string of the molecule is O=C1CC(c2nc3ccccc3s2)CN1c1ccc(Cl)cc1. The first-order valence-electron chi connectivity index (χ1n) is 7.12. The van der Waals surface area contributed by atoms with Crippen molar-refractivity contribution in [1.82, 2.24) is 4.98 Å². The maximum absolute atomic E-state index is 12.3. The molecule has 1 aliphatic rings. The Hall–Kier alpha value is -1.91. The van der Waals surface area contributed by atoms with Gasteiger partial charge in [0.05, 0.1) is 15.2 Å². The molecule has 1 aromatic heterocycles. The second-order valence-corrected chi connectivity index (χ2v) is 6.90. The van der Waals surface area contributed by atoms with E-state index in [9.17, 15) is 4.79 Å². The quantitative estimate of drug-likeness (QED) is 0.695. The molecule has 2 heterocycles. The van der Waals surface area contributed by atoms with E-state index in [2.05, 4.69) is 11.1 Å². The van der Waals surface area contributed by atoms with Crippen LogP contribution in [0.1, 0.15) is 17.3 Å². The van der Waals surface area contributed by atoms with Crippen molar-refractivity contribution in [2.75, 3.05) is 11.4 Å². The molecule has 3 aromatic rings. The van der Waals surface area contributed by atoms with Crippen molar-refractivity contribution in [3.8, 4) is 0 Å². The number of anilines is 1. The van der Waals surface area contributed by atoms with E-state index < -0.39 is 0 Å². The summed E-state index contributed by atoms with van der Waals surface area (Å²) in [5, 5.41) is 1.73. The van der Waals surface area contributed by atoms with E-state index in [1.165, 1.54) is 4.70 Å². The molecule has 22 heavy (non-hydrogen) atoms. The van der Waals surface area contributed by atoms with Crippen LogP contribution in [-0.4, -0.2) is 17.4 Å². The predicted octanol–water partition coefficient (Wildman–Crippen LogP) is 4.47. The van der Waals surface area contributed by atoms with Gasteiger partial charge in [-0.25, -0.2) is 4.98 Å². The van der Waals surface area contributed by atoms with Crippen LogP contribution in [0.5, 0.6) is 0 Å². The molecule has 0 bridgehead atoms. The first-order chi connectivity index (χ1) is 10.7. The summed E-state index contributed by atoms with van der Waals surface area (Å²) in [5.74, 6) is 0.312. The molecular weight excluding hydrogens is 316 g/mol. The van der Waals surface area contributed by atoms with Crippen LogP contribution in [0.25, 0.3) is 10.2 Å². The topological polar surface area (TPSA) is 33.2 Å². The molecule has 0 spiro atoms. The van der Waals surface area contributed by atoms with Crippen LogP contribution in [0.15, 0.2) is 48.5 Å². The summed E-state index contributed by atoms with van der Waals surface area (Å²) in [4.78, 5) is 18.8. The number of amides is 1. The van der Waals surface area contributed by atoms with Crippen LogP contribution in [0.2, 0.25) is 5.02 Å². The smallest absolute Gasteiger partial charge is 0.227 e. The number of nitrogens with zero attached hydrogens (tertiary/aromatic N) is 2. The number of aromatic nitrogens is 1. The lowest BCUT2D eigenvalue weighted by Gasteiger charge is -2.16. The lowest BCUT2D eigenvalue weighted by molar-refractivity contribution is -0.117. The van der Waals surface area contributed by atoms with E-state index in [1.54, 1.807) is 11.3 Å². The van der Waals surface area contributed by atoms with Gasteiger partial charge in [0, 0.05) is 29.6 Å². The number of carbonyl (C=O) groups excluding carboxylic acids is 1. The fraction of sp³-hybridized carbons (Fsp3) is 0.176. The van der Waals surface area contributed by atoms with Gasteiger partial charge in [-0.2, -0.15) is 0 Å². The van der Waals surface area contributed by atoms with Gasteiger partial charge in [-0.15, -0.1) is 11.3 Å². The van der Waals surface area contributed by atoms with E-state index in [-0.39, 0.29) is 11.8 Å². The highest BCUT2D eigenvalue weighted by molar-refractivity contribution is 7.18. The summed E-state index contributed by atoms with van der Waals surface area (Å²) < 4.78 is 1.18. The molecule has 1 fully saturated rings. The fourth-order valence-electron chi connectivity index (χ4n) is 2.81. The Labute approximate surface area is 137 Å². The fourth-order valence-corrected chi connectivity index (χ4v) is 3.99. The zero-order valence-corrected chi connectivity index (χ0v) is 13.3. The van der Waals surface area contributed by atoms with Gasteiger partial charge in [0.25, 0.3) is 0 Å². The first-order valence-corrected chi connectivity index (χ1v) is 8.31. The van der Waals surface area contributed by atoms with Crippen LogP contribution >= 0.6 is 22.9 Å². The number of hydrogen-bond acceptors (Lipinski definition) is 3. The normalized spacial score (nSPS) is 18.3. The molecule has 110 valence electrons. The highest BCUT2D eigenvalue weighted by Gasteiger charge is 2.33. The third-order valence-electron chi connectivity index (χ3n) is 3.92. The van der Waals surface area contributed by atoms with Crippen molar-refractivity contribution in [3.63, 3.8) is 0 Å². The Bertz CT molecular complexity index is 810. The molecule has 1 amide bonds. The highest BCUT2D eigenvalue weighted by atomic mass is 35.5. The number of halogens is 1. The average Bonchev–Trinajstić information content (AvgIpc) is 3.11. The molecule has 5 heteroatoms. The molecule has 4 rings (SSSR count). The molecule has 1 atom stereocenters. The van der Waals surface area contributed by atoms with Crippen molar-refractivity contribution in [2.45, 2.75) is 12.3 Å². The van der Waals surface area contributed by atoms with Crippen molar-refractivity contribution >= 4 is 44.7 Å². The Morgan fingerprint density at radius 2 is 1.91 bits per heavy atom. The van der Waals surface area contributed by atoms with E-state index in [0.29, 0.717) is 18.0 Å². The second-order valence-electron chi connectivity index (χ2n) is 5.40. The molecule has 0 aliphatic carbocycles. The monoisotopic (exact) mass is 328 g/mol. The van der Waals surface area contributed by atoms with Gasteiger partial charge in [-0.05, 0) is 36.4 Å². The van der Waals surface area contributed by atoms with E-state index in [1.807, 2.05) is 47.4 Å². The standard InChI is InChI=1S/C17H13ClN2OS/c18-12-5-7-13(8-6-12)20-10-11(9-16(20)21)17-19-14-3-1-2-4-15(14)22-17/h1-8,11H,9-10H2. The number of rotatable bonds is 2. The summed E-state index contributed by atoms with van der Waals surface area (Å²) in [5.41, 5.74) is 1.91. The number of thiazole rings is 1. The lowest BCUT2D eigenvalue weighted by Crippen LogP contribution is -2.24. The number of carbonyl (C=O) groups is 1. The maximum Gasteiger partial charge on any atom is 0.227 e. The lowest BCUT2D eigenvalue weighted by atomic mass is 10.1. The molecule has 1 saturated heterocycles. The minimum Gasteiger partial charge on any atom is -0.312 e. The zero-order valence-electron chi connectivity index (χ0n) is 11.7. The Morgan fingerprint density at radius 3 is 2.68 bits per heavy atom. The van der Waals surface area contributed by atoms with Crippen molar-refractivity contribution in [3.05, 3.63) is 58.6 Å². The summed E-state index contributed by atoms with van der Waals surface area (Å²) in [6.07, 6.45) is 0.516. The molecule has 3 nitrogen and oxygen atoms in total. The molecular formula is C17H13ClN2OS. The van der Waals surface area contributed by atoms with Gasteiger partial charge in [0.2, 0.25) is 5.91 Å². The Morgan fingerprint density at radius 1 is 1.14 bits per heavy atom. The molecule has 0 N–H and O–H groups in total. The minimum absolute atomic E-state index is 0.145. The number of para-hydroxylation sites is 1. The maximum atomic E-state index is 12.3. The second kappa shape index (κ2) is 5.38. The predicted molar refractivity (Wildman–Crippen MR) is 90.8 cm³/mol. The molecule has 2 aromatic carbocycles. The van der Waals surface area contributed by atoms with Gasteiger partial charge in [-0.3, -0.25) is 4.79 Å². The Kier molecular flexibility index (Phi) is 3.36. The largest absolute Gasteiger partial charge is 0.312 e. The summed E-state index contributed by atoms with van der Waals surface area (Å²) in [6.45, 7) is 0.681. The van der Waals surface area contributed by atoms with Crippen molar-refractivity contribution < 1.29 is 4.79 Å². The highest BCUT2D eigenvalue weighted by Crippen LogP contribution is 2.35. The van der Waals surface area contributed by atoms with Gasteiger partial charge < -0.3 is 4.90 Å². The molecule has 0 radical (unpaired) electrons. The minimum atomic E-state index is 0.145. The number of hydrogen-bond donors (Lipinski definition) is 0. The third-order valence-corrected chi connectivity index (χ3v) is 5.37. The number of fused-ring (bicyclic) bond motifs is 1. The van der Waals surface area contributed by atoms with E-state index in [4.69, 9.17) is 11.6 Å². The zero-order chi connectivity index (χ0) is 15.1. The van der Waals surface area contributed by atoms with E-state index in [0.717, 1.165) is 16.2 Å². The third kappa shape index (κ3) is 2.38. The average molecular weight is 329 g/mol. The van der Waals surface area contributed by atoms with Crippen molar-refractivity contribution in [2.24, 2.45) is 0 Å². The van der Waals surface area contributed by atoms with Crippen LogP contribution in [0.3, 0.4) is 0 Å². The van der Waals surface area contributed by atoms with Gasteiger partial charge >= 0.3 is 0 Å². The number of benzene rings is 2. The van der Waals surface area contributed by atoms with Crippen LogP contribution in [-0.2, 0) is 4.79 Å². The first kappa shape index (κ1) is 13.7. The van der Waals surface area contributed by atoms with Gasteiger partial charge in [0.15, 0.2) is 0 Å². The van der Waals surface area contributed by atoms with Gasteiger partial charge in [-0.1, -0.05) is 23.7 Å². The van der Waals surface area contributed by atoms with Crippen molar-refractivity contribution in [1.29, 1.82) is 0 Å². The summed E-state index contributed by atoms with van der Waals surface area (Å²) in [6, 6.07) is 15.5. The molecule has 1 aliphatic heterocycles. The molecule has 1 unspecified atom stereocenters. The van der Waals surface area contributed by atoms with Crippen LogP contribution < -0.4 is 4.90 Å².